The zero-order valence-electron chi connectivity index (χ0n) is 19.2. The van der Waals surface area contributed by atoms with Crippen molar-refractivity contribution in [1.29, 1.82) is 0 Å². The second-order valence-electron chi connectivity index (χ2n) is 8.16. The molecule has 0 radical (unpaired) electrons. The third-order valence-electron chi connectivity index (χ3n) is 6.28. The van der Waals surface area contributed by atoms with Crippen LogP contribution >= 0.6 is 0 Å². The SMILES string of the molecule is CNC(=O)C1=C(C(=O)c2ccccc2)C2C(C)=CC(c3ccccc3)=C(C)C2=C1C(=O)NC. The van der Waals surface area contributed by atoms with Crippen LogP contribution in [-0.4, -0.2) is 31.7 Å². The van der Waals surface area contributed by atoms with Crippen LogP contribution in [0.2, 0.25) is 0 Å². The van der Waals surface area contributed by atoms with E-state index < -0.39 is 11.8 Å². The van der Waals surface area contributed by atoms with Gasteiger partial charge in [0.25, 0.3) is 11.8 Å². The first-order chi connectivity index (χ1) is 15.9. The van der Waals surface area contributed by atoms with Crippen molar-refractivity contribution in [3.05, 3.63) is 111 Å². The van der Waals surface area contributed by atoms with Crippen LogP contribution in [0.1, 0.15) is 29.8 Å². The molecule has 2 N–H and O–H groups in total. The molecule has 0 aliphatic heterocycles. The van der Waals surface area contributed by atoms with E-state index in [9.17, 15) is 14.4 Å². The van der Waals surface area contributed by atoms with Gasteiger partial charge < -0.3 is 10.6 Å². The molecule has 2 aliphatic rings. The molecule has 5 heteroatoms. The number of rotatable bonds is 5. The molecule has 2 aromatic rings. The fraction of sp³-hybridized carbons (Fsp3) is 0.179. The second-order valence-corrected chi connectivity index (χ2v) is 8.16. The number of amides is 2. The van der Waals surface area contributed by atoms with E-state index in [0.29, 0.717) is 16.7 Å². The Kier molecular flexibility index (Phi) is 5.97. The van der Waals surface area contributed by atoms with Crippen molar-refractivity contribution in [1.82, 2.24) is 10.6 Å². The molecule has 4 rings (SSSR count). The van der Waals surface area contributed by atoms with Crippen LogP contribution in [-0.2, 0) is 9.59 Å². The minimum atomic E-state index is -0.468. The monoisotopic (exact) mass is 438 g/mol. The van der Waals surface area contributed by atoms with Crippen LogP contribution < -0.4 is 10.6 Å². The predicted octanol–water partition coefficient (Wildman–Crippen LogP) is 4.02. The van der Waals surface area contributed by atoms with Gasteiger partial charge >= 0.3 is 0 Å². The lowest BCUT2D eigenvalue weighted by atomic mass is 9.75. The van der Waals surface area contributed by atoms with E-state index in [2.05, 4.69) is 16.7 Å². The molecule has 0 saturated carbocycles. The van der Waals surface area contributed by atoms with Crippen molar-refractivity contribution in [3.8, 4) is 0 Å². The van der Waals surface area contributed by atoms with Gasteiger partial charge in [-0.3, -0.25) is 14.4 Å². The maximum Gasteiger partial charge on any atom is 0.252 e. The number of likely N-dealkylation sites (N-methyl/N-ethyl adjacent to an activating group) is 2. The Morgan fingerprint density at radius 3 is 1.88 bits per heavy atom. The van der Waals surface area contributed by atoms with Crippen LogP contribution in [0.5, 0.6) is 0 Å². The molecule has 2 aromatic carbocycles. The largest absolute Gasteiger partial charge is 0.355 e. The average molecular weight is 439 g/mol. The highest BCUT2D eigenvalue weighted by atomic mass is 16.2. The maximum atomic E-state index is 13.8. The minimum Gasteiger partial charge on any atom is -0.355 e. The van der Waals surface area contributed by atoms with E-state index in [4.69, 9.17) is 0 Å². The third kappa shape index (κ3) is 3.65. The lowest BCUT2D eigenvalue weighted by molar-refractivity contribution is -0.119. The number of carbonyl (C=O) groups is 3. The summed E-state index contributed by atoms with van der Waals surface area (Å²) in [5.74, 6) is -1.55. The molecule has 0 aromatic heterocycles. The van der Waals surface area contributed by atoms with Crippen molar-refractivity contribution in [3.63, 3.8) is 0 Å². The summed E-state index contributed by atoms with van der Waals surface area (Å²) in [6.45, 7) is 3.90. The lowest BCUT2D eigenvalue weighted by Gasteiger charge is -2.27. The first-order valence-corrected chi connectivity index (χ1v) is 10.9. The van der Waals surface area contributed by atoms with Crippen LogP contribution in [0, 0.1) is 5.92 Å². The number of benzene rings is 2. The first-order valence-electron chi connectivity index (χ1n) is 10.9. The van der Waals surface area contributed by atoms with Crippen molar-refractivity contribution in [2.24, 2.45) is 5.92 Å². The molecular weight excluding hydrogens is 412 g/mol. The molecule has 33 heavy (non-hydrogen) atoms. The minimum absolute atomic E-state index is 0.145. The summed E-state index contributed by atoms with van der Waals surface area (Å²) < 4.78 is 0. The standard InChI is InChI=1S/C28H26N2O3/c1-16-15-20(18-11-7-5-8-12-18)17(2)22-21(16)23(26(31)19-13-9-6-10-14-19)25(28(33)30-4)24(22)27(32)29-3/h5-15,21H,1-4H3,(H,29,32)(H,30,33). The zero-order valence-corrected chi connectivity index (χ0v) is 19.2. The van der Waals surface area contributed by atoms with Gasteiger partial charge in [-0.05, 0) is 36.1 Å². The number of hydrogen-bond donors (Lipinski definition) is 2. The number of carbonyl (C=O) groups excluding carboxylic acids is 3. The Labute approximate surface area is 193 Å². The second kappa shape index (κ2) is 8.87. The van der Waals surface area contributed by atoms with E-state index >= 15 is 0 Å². The lowest BCUT2D eigenvalue weighted by Crippen LogP contribution is -2.29. The number of Topliss-reactive ketones (excluding diaryl/α,β-unsaturated/α-hetero) is 1. The first kappa shape index (κ1) is 22.2. The summed E-state index contributed by atoms with van der Waals surface area (Å²) in [7, 11) is 3.04. The predicted molar refractivity (Wildman–Crippen MR) is 129 cm³/mol. The summed E-state index contributed by atoms with van der Waals surface area (Å²) in [5, 5.41) is 5.31. The van der Waals surface area contributed by atoms with E-state index in [1.165, 1.54) is 14.1 Å². The molecule has 1 atom stereocenters. The molecule has 2 amide bonds. The summed E-state index contributed by atoms with van der Waals surface area (Å²) in [6.07, 6.45) is 2.06. The van der Waals surface area contributed by atoms with Crippen LogP contribution in [0.4, 0.5) is 0 Å². The molecule has 2 aliphatic carbocycles. The highest BCUT2D eigenvalue weighted by molar-refractivity contribution is 6.23. The van der Waals surface area contributed by atoms with Gasteiger partial charge in [0.1, 0.15) is 0 Å². The topological polar surface area (TPSA) is 75.3 Å². The van der Waals surface area contributed by atoms with E-state index in [1.54, 1.807) is 24.3 Å². The Morgan fingerprint density at radius 1 is 0.758 bits per heavy atom. The Bertz CT molecular complexity index is 1280. The fourth-order valence-corrected chi connectivity index (χ4v) is 4.75. The van der Waals surface area contributed by atoms with Crippen molar-refractivity contribution < 1.29 is 14.4 Å². The third-order valence-corrected chi connectivity index (χ3v) is 6.28. The highest BCUT2D eigenvalue weighted by Gasteiger charge is 2.45. The smallest absolute Gasteiger partial charge is 0.252 e. The molecule has 166 valence electrons. The molecule has 5 nitrogen and oxygen atoms in total. The zero-order chi connectivity index (χ0) is 23.7. The summed E-state index contributed by atoms with van der Waals surface area (Å²) in [5.41, 5.74) is 5.73. The van der Waals surface area contributed by atoms with Crippen LogP contribution in [0.25, 0.3) is 5.57 Å². The molecule has 0 heterocycles. The van der Waals surface area contributed by atoms with Gasteiger partial charge in [-0.25, -0.2) is 0 Å². The summed E-state index contributed by atoms with van der Waals surface area (Å²) in [4.78, 5) is 40.0. The number of ketones is 1. The quantitative estimate of drug-likeness (QED) is 0.693. The average Bonchev–Trinajstić information content (AvgIpc) is 3.23. The molecule has 0 saturated heterocycles. The van der Waals surface area contributed by atoms with Gasteiger partial charge in [0, 0.05) is 31.1 Å². The van der Waals surface area contributed by atoms with Gasteiger partial charge in [0.15, 0.2) is 5.78 Å². The van der Waals surface area contributed by atoms with E-state index in [1.807, 2.05) is 50.2 Å². The Hall–Kier alpha value is -3.99. The number of fused-ring (bicyclic) bond motifs is 1. The molecule has 0 bridgehead atoms. The Balaban J connectivity index is 2.03. The van der Waals surface area contributed by atoms with Gasteiger partial charge in [-0.1, -0.05) is 72.3 Å². The van der Waals surface area contributed by atoms with E-state index in [-0.39, 0.29) is 22.8 Å². The van der Waals surface area contributed by atoms with Crippen LogP contribution in [0.15, 0.2) is 100 Å². The highest BCUT2D eigenvalue weighted by Crippen LogP contribution is 2.50. The van der Waals surface area contributed by atoms with Crippen LogP contribution in [0.3, 0.4) is 0 Å². The summed E-state index contributed by atoms with van der Waals surface area (Å²) >= 11 is 0. The normalized spacial score (nSPS) is 17.6. The van der Waals surface area contributed by atoms with E-state index in [0.717, 1.165) is 22.3 Å². The number of hydrogen-bond acceptors (Lipinski definition) is 3. The number of nitrogens with one attached hydrogen (secondary N) is 2. The van der Waals surface area contributed by atoms with Gasteiger partial charge in [-0.2, -0.15) is 0 Å². The van der Waals surface area contributed by atoms with Gasteiger partial charge in [0.05, 0.1) is 11.1 Å². The van der Waals surface area contributed by atoms with Crippen molar-refractivity contribution >= 4 is 23.2 Å². The van der Waals surface area contributed by atoms with Crippen molar-refractivity contribution in [2.75, 3.05) is 14.1 Å². The van der Waals surface area contributed by atoms with Gasteiger partial charge in [0.2, 0.25) is 0 Å². The maximum absolute atomic E-state index is 13.8. The molecule has 1 unspecified atom stereocenters. The van der Waals surface area contributed by atoms with Crippen molar-refractivity contribution in [2.45, 2.75) is 13.8 Å². The fourth-order valence-electron chi connectivity index (χ4n) is 4.75. The van der Waals surface area contributed by atoms with Gasteiger partial charge in [-0.15, -0.1) is 0 Å². The molecule has 0 spiro atoms. The molecule has 0 fully saturated rings. The molecular formula is C28H26N2O3. The number of allylic oxidation sites excluding steroid dienone is 6. The summed E-state index contributed by atoms with van der Waals surface area (Å²) in [6, 6.07) is 18.8. The Morgan fingerprint density at radius 2 is 1.30 bits per heavy atom.